The van der Waals surface area contributed by atoms with E-state index in [-0.39, 0.29) is 6.61 Å². The van der Waals surface area contributed by atoms with E-state index in [2.05, 4.69) is 0 Å². The Hall–Kier alpha value is -3.45. The number of ether oxygens (including phenoxy) is 4. The van der Waals surface area contributed by atoms with Gasteiger partial charge in [-0.1, -0.05) is 36.4 Å². The molecule has 0 bridgehead atoms. The van der Waals surface area contributed by atoms with Crippen LogP contribution in [0.1, 0.15) is 27.6 Å². The van der Waals surface area contributed by atoms with Crippen LogP contribution in [-0.2, 0) is 23.7 Å². The first-order valence-electron chi connectivity index (χ1n) is 9.02. The van der Waals surface area contributed by atoms with Crippen LogP contribution in [0.25, 0.3) is 0 Å². The molecule has 0 amide bonds. The molecule has 0 radical (unpaired) electrons. The highest BCUT2D eigenvalue weighted by Gasteiger charge is 2.33. The van der Waals surface area contributed by atoms with E-state index >= 15 is 0 Å². The molecule has 0 N–H and O–H groups in total. The van der Waals surface area contributed by atoms with Gasteiger partial charge in [0.2, 0.25) is 6.29 Å². The van der Waals surface area contributed by atoms with E-state index in [0.717, 1.165) is 0 Å². The van der Waals surface area contributed by atoms with Gasteiger partial charge < -0.3 is 18.9 Å². The third-order valence-electron chi connectivity index (χ3n) is 4.06. The van der Waals surface area contributed by atoms with E-state index in [1.807, 2.05) is 0 Å². The molecular formula is C22H20O7. The third kappa shape index (κ3) is 5.76. The van der Waals surface area contributed by atoms with Crippen molar-refractivity contribution in [3.05, 3.63) is 83.9 Å². The highest BCUT2D eigenvalue weighted by Crippen LogP contribution is 2.20. The maximum absolute atomic E-state index is 12.4. The summed E-state index contributed by atoms with van der Waals surface area (Å²) < 4.78 is 21.5. The van der Waals surface area contributed by atoms with Crippen LogP contribution in [0.5, 0.6) is 0 Å². The highest BCUT2D eigenvalue weighted by molar-refractivity contribution is 5.90. The van der Waals surface area contributed by atoms with Crippen LogP contribution in [-0.4, -0.2) is 43.0 Å². The molecule has 0 fully saturated rings. The van der Waals surface area contributed by atoms with Gasteiger partial charge in [0.15, 0.2) is 6.10 Å². The Kier molecular flexibility index (Phi) is 6.76. The summed E-state index contributed by atoms with van der Waals surface area (Å²) in [4.78, 5) is 35.8. The monoisotopic (exact) mass is 396 g/mol. The molecule has 2 aromatic rings. The summed E-state index contributed by atoms with van der Waals surface area (Å²) in [6.45, 7) is 1.06. The molecule has 2 aromatic carbocycles. The summed E-state index contributed by atoms with van der Waals surface area (Å²) in [5.74, 6) is -1.62. The average Bonchev–Trinajstić information content (AvgIpc) is 2.74. The molecule has 0 spiro atoms. The molecule has 1 aliphatic heterocycles. The zero-order chi connectivity index (χ0) is 20.6. The zero-order valence-corrected chi connectivity index (χ0v) is 15.7. The van der Waals surface area contributed by atoms with Crippen LogP contribution in [0.3, 0.4) is 0 Å². The normalized spacial score (nSPS) is 20.5. The fourth-order valence-electron chi connectivity index (χ4n) is 2.68. The van der Waals surface area contributed by atoms with Gasteiger partial charge in [-0.3, -0.25) is 4.79 Å². The van der Waals surface area contributed by atoms with Crippen LogP contribution in [0.2, 0.25) is 0 Å². The summed E-state index contributed by atoms with van der Waals surface area (Å²) in [7, 11) is 0. The summed E-state index contributed by atoms with van der Waals surface area (Å²) in [5.41, 5.74) is 0.760. The van der Waals surface area contributed by atoms with E-state index in [9.17, 15) is 14.4 Å². The van der Waals surface area contributed by atoms with Crippen molar-refractivity contribution in [1.82, 2.24) is 0 Å². The number of benzene rings is 2. The first kappa shape index (κ1) is 20.3. The number of hydrogen-bond donors (Lipinski definition) is 0. The first-order valence-corrected chi connectivity index (χ1v) is 9.02. The molecule has 0 saturated heterocycles. The van der Waals surface area contributed by atoms with Gasteiger partial charge in [0, 0.05) is 6.92 Å². The van der Waals surface area contributed by atoms with Crippen LogP contribution < -0.4 is 0 Å². The maximum atomic E-state index is 12.4. The van der Waals surface area contributed by atoms with E-state index in [0.29, 0.717) is 11.1 Å². The summed E-state index contributed by atoms with van der Waals surface area (Å²) in [6, 6.07) is 17.0. The molecule has 29 heavy (non-hydrogen) atoms. The molecule has 0 aromatic heterocycles. The van der Waals surface area contributed by atoms with Crippen LogP contribution >= 0.6 is 0 Å². The van der Waals surface area contributed by atoms with E-state index in [1.165, 1.54) is 13.0 Å². The molecular weight excluding hydrogens is 376 g/mol. The van der Waals surface area contributed by atoms with E-state index in [1.54, 1.807) is 66.7 Å². The fourth-order valence-corrected chi connectivity index (χ4v) is 2.68. The Morgan fingerprint density at radius 3 is 2.00 bits per heavy atom. The maximum Gasteiger partial charge on any atom is 0.338 e. The van der Waals surface area contributed by atoms with Crippen molar-refractivity contribution in [2.45, 2.75) is 25.4 Å². The van der Waals surface area contributed by atoms with Gasteiger partial charge >= 0.3 is 17.9 Å². The lowest BCUT2D eigenvalue weighted by molar-refractivity contribution is -0.191. The molecule has 150 valence electrons. The Balaban J connectivity index is 1.68. The third-order valence-corrected chi connectivity index (χ3v) is 4.06. The van der Waals surface area contributed by atoms with Crippen molar-refractivity contribution < 1.29 is 33.3 Å². The summed E-state index contributed by atoms with van der Waals surface area (Å²) in [5, 5.41) is 0. The molecule has 0 saturated carbocycles. The summed E-state index contributed by atoms with van der Waals surface area (Å²) in [6.07, 6.45) is 0.404. The number of carbonyl (C=O) groups excluding carboxylic acids is 3. The van der Waals surface area contributed by atoms with Gasteiger partial charge in [0.25, 0.3) is 0 Å². The highest BCUT2D eigenvalue weighted by atomic mass is 16.7. The lowest BCUT2D eigenvalue weighted by Crippen LogP contribution is -2.42. The molecule has 0 aliphatic carbocycles. The topological polar surface area (TPSA) is 88.1 Å². The number of esters is 3. The smallest absolute Gasteiger partial charge is 0.338 e. The number of carbonyl (C=O) groups is 3. The lowest BCUT2D eigenvalue weighted by Gasteiger charge is -2.31. The van der Waals surface area contributed by atoms with Crippen molar-refractivity contribution in [2.75, 3.05) is 6.61 Å². The minimum atomic E-state index is -0.959. The van der Waals surface area contributed by atoms with Crippen molar-refractivity contribution in [2.24, 2.45) is 0 Å². The van der Waals surface area contributed by atoms with Crippen molar-refractivity contribution in [3.63, 3.8) is 0 Å². The van der Waals surface area contributed by atoms with Crippen LogP contribution in [0.4, 0.5) is 0 Å². The van der Waals surface area contributed by atoms with Crippen molar-refractivity contribution in [3.8, 4) is 0 Å². The van der Waals surface area contributed by atoms with Crippen LogP contribution in [0.15, 0.2) is 72.8 Å². The van der Waals surface area contributed by atoms with Crippen molar-refractivity contribution in [1.29, 1.82) is 0 Å². The SMILES string of the molecule is CC(=O)O[C@@H]1C=C[C@@H](OC(=O)c2ccccc2)[C@@H](COC(=O)c2ccccc2)O1. The molecule has 3 atom stereocenters. The Labute approximate surface area is 167 Å². The quantitative estimate of drug-likeness (QED) is 0.421. The standard InChI is InChI=1S/C22H20O7/c1-15(23)27-20-13-12-18(29-22(25)17-10-6-3-7-11-17)19(28-20)14-26-21(24)16-8-4-2-5-9-16/h2-13,18-20H,14H2,1H3/t18-,19-,20+/m1/s1. The molecule has 7 heteroatoms. The Morgan fingerprint density at radius 1 is 0.828 bits per heavy atom. The second-order valence-corrected chi connectivity index (χ2v) is 6.24. The molecule has 1 heterocycles. The van der Waals surface area contributed by atoms with Gasteiger partial charge in [-0.15, -0.1) is 0 Å². The second-order valence-electron chi connectivity index (χ2n) is 6.24. The predicted molar refractivity (Wildman–Crippen MR) is 102 cm³/mol. The fraction of sp³-hybridized carbons (Fsp3) is 0.227. The van der Waals surface area contributed by atoms with Gasteiger partial charge in [-0.2, -0.15) is 0 Å². The predicted octanol–water partition coefficient (Wildman–Crippen LogP) is 2.91. The lowest BCUT2D eigenvalue weighted by atomic mass is 10.1. The molecule has 1 aliphatic rings. The van der Waals surface area contributed by atoms with Crippen LogP contribution in [0, 0.1) is 0 Å². The first-order chi connectivity index (χ1) is 14.0. The summed E-state index contributed by atoms with van der Waals surface area (Å²) >= 11 is 0. The molecule has 7 nitrogen and oxygen atoms in total. The van der Waals surface area contributed by atoms with E-state index < -0.39 is 36.4 Å². The van der Waals surface area contributed by atoms with E-state index in [4.69, 9.17) is 18.9 Å². The van der Waals surface area contributed by atoms with Gasteiger partial charge in [-0.25, -0.2) is 9.59 Å². The minimum absolute atomic E-state index is 0.192. The number of hydrogen-bond acceptors (Lipinski definition) is 7. The van der Waals surface area contributed by atoms with Gasteiger partial charge in [0.05, 0.1) is 11.1 Å². The largest absolute Gasteiger partial charge is 0.459 e. The zero-order valence-electron chi connectivity index (χ0n) is 15.7. The van der Waals surface area contributed by atoms with Gasteiger partial charge in [0.1, 0.15) is 12.7 Å². The van der Waals surface area contributed by atoms with Crippen molar-refractivity contribution >= 4 is 17.9 Å². The number of rotatable bonds is 6. The molecule has 0 unspecified atom stereocenters. The second kappa shape index (κ2) is 9.66. The molecule has 3 rings (SSSR count). The van der Waals surface area contributed by atoms with Gasteiger partial charge in [-0.05, 0) is 36.4 Å². The Bertz CT molecular complexity index is 877. The Morgan fingerprint density at radius 2 is 1.41 bits per heavy atom. The average molecular weight is 396 g/mol. The minimum Gasteiger partial charge on any atom is -0.459 e.